The van der Waals surface area contributed by atoms with Gasteiger partial charge in [0.05, 0.1) is 22.4 Å². The van der Waals surface area contributed by atoms with E-state index in [0.29, 0.717) is 35.8 Å². The summed E-state index contributed by atoms with van der Waals surface area (Å²) in [6.07, 6.45) is 2.61. The maximum absolute atomic E-state index is 13.7. The van der Waals surface area contributed by atoms with Crippen LogP contribution in [0.15, 0.2) is 109 Å². The molecule has 274 valence electrons. The van der Waals surface area contributed by atoms with E-state index in [0.717, 1.165) is 22.6 Å². The van der Waals surface area contributed by atoms with Gasteiger partial charge < -0.3 is 18.5 Å². The monoisotopic (exact) mass is 736 g/mol. The van der Waals surface area contributed by atoms with Gasteiger partial charge in [0.25, 0.3) is 8.32 Å². The van der Waals surface area contributed by atoms with Crippen LogP contribution in [-0.4, -0.2) is 42.7 Å². The van der Waals surface area contributed by atoms with Gasteiger partial charge in [0, 0.05) is 43.7 Å². The minimum Gasteiger partial charge on any atom is -0.489 e. The van der Waals surface area contributed by atoms with Gasteiger partial charge in [-0.15, -0.1) is 0 Å². The van der Waals surface area contributed by atoms with Crippen LogP contribution < -0.4 is 15.1 Å². The Balaban J connectivity index is 1.42. The van der Waals surface area contributed by atoms with Crippen molar-refractivity contribution in [3.63, 3.8) is 0 Å². The maximum Gasteiger partial charge on any atom is 0.338 e. The molecule has 1 atom stereocenters. The van der Waals surface area contributed by atoms with E-state index in [1.54, 1.807) is 18.2 Å². The van der Waals surface area contributed by atoms with E-state index in [4.69, 9.17) is 30.5 Å². The molecule has 6 nitrogen and oxygen atoms in total. The van der Waals surface area contributed by atoms with E-state index in [1.807, 2.05) is 33.0 Å². The number of halogens is 1. The van der Waals surface area contributed by atoms with Crippen molar-refractivity contribution in [3.8, 4) is 17.0 Å². The summed E-state index contributed by atoms with van der Waals surface area (Å²) < 4.78 is 21.4. The highest BCUT2D eigenvalue weighted by molar-refractivity contribution is 6.99. The third-order valence-electron chi connectivity index (χ3n) is 9.24. The summed E-state index contributed by atoms with van der Waals surface area (Å²) in [5.74, 6) is 1.13. The van der Waals surface area contributed by atoms with Crippen LogP contribution in [0.25, 0.3) is 11.3 Å². The fraction of sp³-hybridized carbons (Fsp3) is 0.364. The second-order valence-electron chi connectivity index (χ2n) is 15.9. The Bertz CT molecular complexity index is 1890. The van der Waals surface area contributed by atoms with Gasteiger partial charge in [-0.25, -0.2) is 9.78 Å². The molecule has 0 aliphatic carbocycles. The zero-order valence-corrected chi connectivity index (χ0v) is 33.8. The fourth-order valence-electron chi connectivity index (χ4n) is 6.88. The number of nitrogens with zero attached hydrogens (tertiary/aromatic N) is 2. The van der Waals surface area contributed by atoms with Gasteiger partial charge in [0.2, 0.25) is 0 Å². The molecule has 0 amide bonds. The van der Waals surface area contributed by atoms with Crippen LogP contribution in [0.5, 0.6) is 5.75 Å². The largest absolute Gasteiger partial charge is 0.489 e. The average Bonchev–Trinajstić information content (AvgIpc) is 3.50. The second kappa shape index (κ2) is 16.2. The normalized spacial score (nSPS) is 12.9. The third-order valence-corrected chi connectivity index (χ3v) is 14.6. The lowest BCUT2D eigenvalue weighted by Gasteiger charge is -2.43. The van der Waals surface area contributed by atoms with Crippen LogP contribution >= 0.6 is 11.6 Å². The van der Waals surface area contributed by atoms with E-state index in [2.05, 4.69) is 125 Å². The van der Waals surface area contributed by atoms with Crippen molar-refractivity contribution in [1.29, 1.82) is 0 Å². The van der Waals surface area contributed by atoms with Crippen LogP contribution in [0, 0.1) is 0 Å². The van der Waals surface area contributed by atoms with Crippen LogP contribution in [0.2, 0.25) is 10.1 Å². The molecule has 0 spiro atoms. The van der Waals surface area contributed by atoms with Gasteiger partial charge in [-0.1, -0.05) is 138 Å². The lowest BCUT2D eigenvalue weighted by Crippen LogP contribution is -2.66. The number of aromatic nitrogens is 2. The zero-order chi connectivity index (χ0) is 37.7. The topological polar surface area (TPSA) is 62.6 Å². The number of aryl methyl sites for hydroxylation is 1. The van der Waals surface area contributed by atoms with E-state index in [9.17, 15) is 4.79 Å². The number of carbonyl (C=O) groups excluding carboxylic acids is 1. The van der Waals surface area contributed by atoms with Gasteiger partial charge in [0.1, 0.15) is 17.7 Å². The maximum atomic E-state index is 13.7. The predicted molar refractivity (Wildman–Crippen MR) is 216 cm³/mol. The minimum absolute atomic E-state index is 0.0418. The molecule has 0 fully saturated rings. The summed E-state index contributed by atoms with van der Waals surface area (Å²) in [7, 11) is -0.742. The Hall–Kier alpha value is -4.17. The summed E-state index contributed by atoms with van der Waals surface area (Å²) in [6.45, 7) is 17.6. The number of ether oxygens (including phenoxy) is 2. The van der Waals surface area contributed by atoms with Crippen molar-refractivity contribution in [2.24, 2.45) is 7.05 Å². The summed E-state index contributed by atoms with van der Waals surface area (Å²) in [4.78, 5) is 18.6. The molecule has 5 rings (SSSR count). The molecule has 0 saturated heterocycles. The average molecular weight is 737 g/mol. The molecule has 0 aliphatic heterocycles. The number of imidazole rings is 1. The molecule has 0 radical (unpaired) electrons. The van der Waals surface area contributed by atoms with Gasteiger partial charge in [0.15, 0.2) is 0 Å². The summed E-state index contributed by atoms with van der Waals surface area (Å²) in [5, 5.41) is 2.61. The number of esters is 1. The van der Waals surface area contributed by atoms with Crippen LogP contribution in [0.4, 0.5) is 0 Å². The number of benzene rings is 4. The summed E-state index contributed by atoms with van der Waals surface area (Å²) in [5.41, 5.74) is 3.34. The molecule has 0 bridgehead atoms. The van der Waals surface area contributed by atoms with Crippen molar-refractivity contribution in [2.75, 3.05) is 6.61 Å². The SMILES string of the molecule is CC(C)Oc1ccc(C(=O)O[C@H](CCO[Si](c2ccccc2)(c2ccccc2)C(C)(C)C)Cc2ccc(-c3cn(C)c(C(C)(C)C)n3)cc2)cc1Cl. The first kappa shape index (κ1) is 39.0. The van der Waals surface area contributed by atoms with E-state index in [-0.39, 0.29) is 16.6 Å². The highest BCUT2D eigenvalue weighted by atomic mass is 35.5. The van der Waals surface area contributed by atoms with Crippen LogP contribution in [0.1, 0.15) is 83.6 Å². The number of rotatable bonds is 13. The van der Waals surface area contributed by atoms with E-state index >= 15 is 0 Å². The third kappa shape index (κ3) is 9.06. The number of carbonyl (C=O) groups is 1. The van der Waals surface area contributed by atoms with Gasteiger partial charge >= 0.3 is 5.97 Å². The summed E-state index contributed by atoms with van der Waals surface area (Å²) in [6, 6.07) is 34.6. The molecular weight excluding hydrogens is 684 g/mol. The van der Waals surface area contributed by atoms with Crippen molar-refractivity contribution in [2.45, 2.75) is 90.9 Å². The molecule has 8 heteroatoms. The zero-order valence-electron chi connectivity index (χ0n) is 32.1. The van der Waals surface area contributed by atoms with Crippen LogP contribution in [0.3, 0.4) is 0 Å². The first-order chi connectivity index (χ1) is 24.6. The molecule has 4 aromatic carbocycles. The summed E-state index contributed by atoms with van der Waals surface area (Å²) >= 11 is 6.52. The van der Waals surface area contributed by atoms with Crippen molar-refractivity contribution < 1.29 is 18.7 Å². The minimum atomic E-state index is -2.78. The first-order valence-electron chi connectivity index (χ1n) is 18.1. The van der Waals surface area contributed by atoms with Gasteiger partial charge in [-0.3, -0.25) is 0 Å². The Morgan fingerprint density at radius 2 is 1.44 bits per heavy atom. The molecule has 0 unspecified atom stereocenters. The predicted octanol–water partition coefficient (Wildman–Crippen LogP) is 9.56. The Labute approximate surface area is 316 Å². The Kier molecular flexibility index (Phi) is 12.2. The Morgan fingerprint density at radius 3 is 1.94 bits per heavy atom. The first-order valence-corrected chi connectivity index (χ1v) is 20.4. The van der Waals surface area contributed by atoms with Crippen molar-refractivity contribution >= 4 is 36.3 Å². The fourth-order valence-corrected chi connectivity index (χ4v) is 11.7. The smallest absolute Gasteiger partial charge is 0.338 e. The molecule has 5 aromatic rings. The van der Waals surface area contributed by atoms with Crippen molar-refractivity contribution in [3.05, 3.63) is 131 Å². The molecular formula is C44H53ClN2O4Si. The number of hydrogen-bond acceptors (Lipinski definition) is 5. The molecule has 0 N–H and O–H groups in total. The van der Waals surface area contributed by atoms with Gasteiger partial charge in [-0.05, 0) is 53.0 Å². The number of hydrogen-bond donors (Lipinski definition) is 0. The van der Waals surface area contributed by atoms with Gasteiger partial charge in [-0.2, -0.15) is 0 Å². The van der Waals surface area contributed by atoms with Crippen molar-refractivity contribution in [1.82, 2.24) is 9.55 Å². The highest BCUT2D eigenvalue weighted by Gasteiger charge is 2.50. The second-order valence-corrected chi connectivity index (χ2v) is 20.6. The highest BCUT2D eigenvalue weighted by Crippen LogP contribution is 2.37. The molecule has 52 heavy (non-hydrogen) atoms. The standard InChI is InChI=1S/C44H53ClN2O4Si/c1-31(2)50-40-25-24-34(29-38(40)45)41(48)51-35(28-32-20-22-33(23-21-32)39-30-47(9)42(46-39)43(3,4)5)26-27-49-52(44(6,7)8,36-16-12-10-13-17-36)37-18-14-11-15-19-37/h10-25,29-31,35H,26-28H2,1-9H3/t35-/m1/s1. The lowest BCUT2D eigenvalue weighted by atomic mass is 9.96. The van der Waals surface area contributed by atoms with E-state index in [1.165, 1.54) is 10.4 Å². The van der Waals surface area contributed by atoms with E-state index < -0.39 is 20.4 Å². The molecule has 0 aliphatic rings. The molecule has 0 saturated carbocycles. The molecule has 1 heterocycles. The van der Waals surface area contributed by atoms with Crippen LogP contribution in [-0.2, 0) is 28.0 Å². The quantitative estimate of drug-likeness (QED) is 0.0891. The Morgan fingerprint density at radius 1 is 0.846 bits per heavy atom. The molecule has 1 aromatic heterocycles. The lowest BCUT2D eigenvalue weighted by molar-refractivity contribution is 0.0249.